The molecule has 0 unspecified atom stereocenters. The normalized spacial score (nSPS) is 28.3. The molecule has 1 fully saturated rings. The Morgan fingerprint density at radius 2 is 1.80 bits per heavy atom. The molecule has 0 bridgehead atoms. The van der Waals surface area contributed by atoms with Gasteiger partial charge in [0, 0.05) is 18.4 Å². The van der Waals surface area contributed by atoms with Gasteiger partial charge in [-0.2, -0.15) is 13.2 Å². The molecule has 3 aliphatic carbocycles. The molecule has 0 aromatic heterocycles. The van der Waals surface area contributed by atoms with Crippen molar-refractivity contribution in [3.63, 3.8) is 0 Å². The molecule has 1 aromatic carbocycles. The number of alkyl halides is 3. The first-order chi connectivity index (χ1) is 16.1. The average molecular weight is 496 g/mol. The van der Waals surface area contributed by atoms with Crippen molar-refractivity contribution in [2.24, 2.45) is 17.6 Å². The number of aliphatic hydroxyl groups excluding tert-OH is 2. The van der Waals surface area contributed by atoms with Crippen LogP contribution >= 0.6 is 0 Å². The summed E-state index contributed by atoms with van der Waals surface area (Å²) >= 11 is 0. The third-order valence-corrected chi connectivity index (χ3v) is 6.75. The number of Topliss-reactive ketones (excluding diaryl/α,β-unsaturated/α-hetero) is 2. The third-order valence-electron chi connectivity index (χ3n) is 6.75. The van der Waals surface area contributed by atoms with Crippen molar-refractivity contribution in [2.75, 3.05) is 0 Å². The number of ketones is 2. The third kappa shape index (κ3) is 3.29. The van der Waals surface area contributed by atoms with Crippen LogP contribution in [0.3, 0.4) is 0 Å². The summed E-state index contributed by atoms with van der Waals surface area (Å²) in [7, 11) is 0. The molecule has 2 amide bonds. The fourth-order valence-electron chi connectivity index (χ4n) is 5.33. The summed E-state index contributed by atoms with van der Waals surface area (Å²) in [6.07, 6.45) is -5.85. The Hall–Kier alpha value is -3.87. The van der Waals surface area contributed by atoms with Crippen LogP contribution in [0.1, 0.15) is 30.0 Å². The maximum atomic E-state index is 13.6. The molecule has 1 aromatic rings. The van der Waals surface area contributed by atoms with Gasteiger partial charge in [-0.15, -0.1) is 0 Å². The monoisotopic (exact) mass is 496 g/mol. The van der Waals surface area contributed by atoms with Crippen LogP contribution in [0.5, 0.6) is 5.75 Å². The molecule has 7 N–H and O–H groups in total. The van der Waals surface area contributed by atoms with Gasteiger partial charge in [0.15, 0.2) is 11.4 Å². The van der Waals surface area contributed by atoms with E-state index in [1.807, 2.05) is 0 Å². The zero-order valence-electron chi connectivity index (χ0n) is 17.9. The largest absolute Gasteiger partial charge is 0.508 e. The number of halogens is 3. The summed E-state index contributed by atoms with van der Waals surface area (Å²) in [5.41, 5.74) is -1.92. The number of phenolic OH excluding ortho intramolecular Hbond substituents is 1. The fraction of sp³-hybridized carbons (Fsp3) is 0.364. The van der Waals surface area contributed by atoms with Gasteiger partial charge in [-0.25, -0.2) is 0 Å². The highest BCUT2D eigenvalue weighted by Gasteiger charge is 2.64. The predicted octanol–water partition coefficient (Wildman–Crippen LogP) is 0.557. The Kier molecular flexibility index (Phi) is 5.24. The SMILES string of the molecule is CC(=O)N[C@@H]1C(=O)C(C(N)=O)=C(O)[C@@]2(O)C(=O)C3=C(O)c4c(O)ccc(C(F)(F)F)c4C[C@H]3C[C@@H]12. The zero-order chi connectivity index (χ0) is 26.2. The van der Waals surface area contributed by atoms with Gasteiger partial charge in [-0.05, 0) is 36.5 Å². The second kappa shape index (κ2) is 7.57. The number of nitrogens with two attached hydrogens (primary N) is 1. The number of rotatable bonds is 2. The number of nitrogens with one attached hydrogen (secondary N) is 1. The summed E-state index contributed by atoms with van der Waals surface area (Å²) in [4.78, 5) is 50.0. The number of hydrogen-bond donors (Lipinski definition) is 6. The van der Waals surface area contributed by atoms with Crippen LogP contribution in [0.2, 0.25) is 0 Å². The van der Waals surface area contributed by atoms with Crippen molar-refractivity contribution in [1.82, 2.24) is 5.32 Å². The van der Waals surface area contributed by atoms with Crippen LogP contribution in [0.15, 0.2) is 29.0 Å². The van der Waals surface area contributed by atoms with Crippen LogP contribution in [-0.4, -0.2) is 55.4 Å². The Bertz CT molecular complexity index is 1280. The molecule has 0 saturated heterocycles. The van der Waals surface area contributed by atoms with Gasteiger partial charge in [0.25, 0.3) is 5.91 Å². The van der Waals surface area contributed by atoms with Gasteiger partial charge in [0.2, 0.25) is 11.7 Å². The Labute approximate surface area is 194 Å². The fourth-order valence-corrected chi connectivity index (χ4v) is 5.33. The lowest BCUT2D eigenvalue weighted by Crippen LogP contribution is -2.66. The highest BCUT2D eigenvalue weighted by Crippen LogP contribution is 2.53. The first kappa shape index (κ1) is 24.3. The standard InChI is InChI=1S/C22H19F3N2O8/c1-6(28)27-15-10-5-7-4-8-9(22(23,24)25)2-3-11(29)13(8)16(30)12(7)18(32)21(10,35)19(33)14(17(15)31)20(26)34/h2-3,7,10,15,29-30,33,35H,4-5H2,1H3,(H2,26,34)(H,27,28)/t7-,10-,15-,21-/m0/s1. The molecule has 1 saturated carbocycles. The maximum Gasteiger partial charge on any atom is 0.416 e. The van der Waals surface area contributed by atoms with Gasteiger partial charge >= 0.3 is 6.18 Å². The van der Waals surface area contributed by atoms with Crippen molar-refractivity contribution >= 4 is 29.1 Å². The Morgan fingerprint density at radius 1 is 1.17 bits per heavy atom. The molecule has 35 heavy (non-hydrogen) atoms. The molecular formula is C22H19F3N2O8. The van der Waals surface area contributed by atoms with Crippen molar-refractivity contribution in [2.45, 2.75) is 37.6 Å². The van der Waals surface area contributed by atoms with Gasteiger partial charge in [0.1, 0.15) is 22.8 Å². The quantitative estimate of drug-likeness (QED) is 0.320. The molecule has 186 valence electrons. The highest BCUT2D eigenvalue weighted by molar-refractivity contribution is 6.25. The minimum Gasteiger partial charge on any atom is -0.508 e. The number of primary amides is 1. The number of phenols is 1. The van der Waals surface area contributed by atoms with Crippen LogP contribution < -0.4 is 11.1 Å². The Morgan fingerprint density at radius 3 is 2.34 bits per heavy atom. The molecule has 3 aliphatic rings. The van der Waals surface area contributed by atoms with Crippen LogP contribution in [0, 0.1) is 11.8 Å². The van der Waals surface area contributed by atoms with E-state index < -0.39 is 111 Å². The molecule has 0 radical (unpaired) electrons. The summed E-state index contributed by atoms with van der Waals surface area (Å²) in [6, 6.07) is -0.417. The van der Waals surface area contributed by atoms with Crippen molar-refractivity contribution in [3.05, 3.63) is 45.7 Å². The van der Waals surface area contributed by atoms with E-state index >= 15 is 0 Å². The Balaban J connectivity index is 1.99. The van der Waals surface area contributed by atoms with E-state index in [-0.39, 0.29) is 0 Å². The van der Waals surface area contributed by atoms with E-state index in [1.54, 1.807) is 0 Å². The van der Waals surface area contributed by atoms with E-state index in [4.69, 9.17) is 5.73 Å². The maximum absolute atomic E-state index is 13.6. The lowest BCUT2D eigenvalue weighted by molar-refractivity contribution is -0.151. The van der Waals surface area contributed by atoms with Crippen LogP contribution in [-0.2, 0) is 31.8 Å². The van der Waals surface area contributed by atoms with Crippen molar-refractivity contribution in [3.8, 4) is 5.75 Å². The molecule has 4 atom stereocenters. The second-order valence-electron chi connectivity index (χ2n) is 8.71. The number of aromatic hydroxyl groups is 1. The van der Waals surface area contributed by atoms with Gasteiger partial charge in [-0.1, -0.05) is 0 Å². The smallest absolute Gasteiger partial charge is 0.416 e. The molecule has 10 nitrogen and oxygen atoms in total. The highest BCUT2D eigenvalue weighted by atomic mass is 19.4. The second-order valence-corrected chi connectivity index (χ2v) is 8.71. The lowest BCUT2D eigenvalue weighted by Gasteiger charge is -2.49. The molecule has 0 heterocycles. The molecule has 4 rings (SSSR count). The number of hydrogen-bond acceptors (Lipinski definition) is 8. The van der Waals surface area contributed by atoms with E-state index in [9.17, 15) is 52.8 Å². The predicted molar refractivity (Wildman–Crippen MR) is 109 cm³/mol. The molecule has 0 spiro atoms. The van der Waals surface area contributed by atoms with Crippen LogP contribution in [0.25, 0.3) is 5.76 Å². The summed E-state index contributed by atoms with van der Waals surface area (Å²) < 4.78 is 40.9. The first-order valence-corrected chi connectivity index (χ1v) is 10.3. The van der Waals surface area contributed by atoms with E-state index in [0.717, 1.165) is 6.92 Å². The topological polar surface area (TPSA) is 187 Å². The van der Waals surface area contributed by atoms with Crippen LogP contribution in [0.4, 0.5) is 13.2 Å². The number of aliphatic hydroxyl groups is 3. The van der Waals surface area contributed by atoms with E-state index in [1.165, 1.54) is 0 Å². The molecular weight excluding hydrogens is 477 g/mol. The van der Waals surface area contributed by atoms with Gasteiger partial charge < -0.3 is 31.5 Å². The number of fused-ring (bicyclic) bond motifs is 3. The minimum absolute atomic E-state index is 0.458. The summed E-state index contributed by atoms with van der Waals surface area (Å²) in [6.45, 7) is 1.01. The van der Waals surface area contributed by atoms with Crippen molar-refractivity contribution in [1.29, 1.82) is 0 Å². The van der Waals surface area contributed by atoms with E-state index in [0.29, 0.717) is 12.1 Å². The number of carbonyl (C=O) groups is 4. The van der Waals surface area contributed by atoms with Gasteiger partial charge in [-0.3, -0.25) is 19.2 Å². The zero-order valence-corrected chi connectivity index (χ0v) is 17.9. The summed E-state index contributed by atoms with van der Waals surface area (Å²) in [5, 5.41) is 45.2. The van der Waals surface area contributed by atoms with Crippen molar-refractivity contribution < 1.29 is 52.8 Å². The number of carbonyl (C=O) groups excluding carboxylic acids is 4. The number of amides is 2. The lowest BCUT2D eigenvalue weighted by atomic mass is 9.57. The minimum atomic E-state index is -4.87. The molecule has 0 aliphatic heterocycles. The summed E-state index contributed by atoms with van der Waals surface area (Å²) in [5.74, 6) is -10.9. The first-order valence-electron chi connectivity index (χ1n) is 10.3. The molecule has 13 heteroatoms. The average Bonchev–Trinajstić information content (AvgIpc) is 2.72. The van der Waals surface area contributed by atoms with Gasteiger partial charge in [0.05, 0.1) is 17.2 Å². The van der Waals surface area contributed by atoms with E-state index in [2.05, 4.69) is 5.32 Å². The number of benzene rings is 1.